The van der Waals surface area contributed by atoms with Gasteiger partial charge in [0.25, 0.3) is 0 Å². The van der Waals surface area contributed by atoms with Crippen LogP contribution >= 0.6 is 27.5 Å². The molecule has 32 heavy (non-hydrogen) atoms. The van der Waals surface area contributed by atoms with Crippen molar-refractivity contribution in [2.45, 2.75) is 45.1 Å². The van der Waals surface area contributed by atoms with E-state index in [0.29, 0.717) is 40.5 Å². The van der Waals surface area contributed by atoms with Crippen LogP contribution < -0.4 is 10.6 Å². The van der Waals surface area contributed by atoms with Crippen LogP contribution in [0.25, 0.3) is 16.7 Å². The lowest BCUT2D eigenvalue weighted by atomic mass is 9.87. The molecular formula is C22H23BrClN7O. The molecule has 0 spiro atoms. The average Bonchev–Trinajstić information content (AvgIpc) is 3.31. The highest BCUT2D eigenvalue weighted by Crippen LogP contribution is 2.39. The summed E-state index contributed by atoms with van der Waals surface area (Å²) in [5.41, 5.74) is 1.97. The van der Waals surface area contributed by atoms with Crippen molar-refractivity contribution in [2.24, 2.45) is 5.41 Å². The Morgan fingerprint density at radius 2 is 2.25 bits per heavy atom. The molecule has 166 valence electrons. The van der Waals surface area contributed by atoms with Crippen LogP contribution in [0.5, 0.6) is 0 Å². The molecule has 2 heterocycles. The highest BCUT2D eigenvalue weighted by molar-refractivity contribution is 9.10. The Morgan fingerprint density at radius 1 is 1.44 bits per heavy atom. The summed E-state index contributed by atoms with van der Waals surface area (Å²) in [6.45, 7) is 1.99. The van der Waals surface area contributed by atoms with Crippen molar-refractivity contribution < 1.29 is 4.79 Å². The molecule has 1 aliphatic rings. The summed E-state index contributed by atoms with van der Waals surface area (Å²) in [6.07, 6.45) is 5.14. The summed E-state index contributed by atoms with van der Waals surface area (Å²) in [7, 11) is 1.67. The zero-order valence-electron chi connectivity index (χ0n) is 17.8. The van der Waals surface area contributed by atoms with Crippen LogP contribution in [0.3, 0.4) is 0 Å². The molecule has 1 fully saturated rings. The number of nitrogens with one attached hydrogen (secondary N) is 2. The van der Waals surface area contributed by atoms with Crippen LogP contribution in [0.15, 0.2) is 29.0 Å². The number of aromatic nitrogens is 4. The van der Waals surface area contributed by atoms with Crippen LogP contribution in [0.2, 0.25) is 5.02 Å². The zero-order valence-corrected chi connectivity index (χ0v) is 20.2. The summed E-state index contributed by atoms with van der Waals surface area (Å²) in [5.74, 6) is 0.553. The van der Waals surface area contributed by atoms with E-state index in [1.54, 1.807) is 17.9 Å². The maximum absolute atomic E-state index is 12.2. The van der Waals surface area contributed by atoms with E-state index in [9.17, 15) is 4.79 Å². The number of carbonyl (C=O) groups is 1. The summed E-state index contributed by atoms with van der Waals surface area (Å²) in [6, 6.07) is 7.90. The number of hydrogen-bond donors (Lipinski definition) is 2. The molecule has 2 atom stereocenters. The van der Waals surface area contributed by atoms with Crippen molar-refractivity contribution in [3.8, 4) is 11.8 Å². The van der Waals surface area contributed by atoms with Crippen molar-refractivity contribution in [1.29, 1.82) is 5.26 Å². The predicted octanol–water partition coefficient (Wildman–Crippen LogP) is 4.40. The van der Waals surface area contributed by atoms with Crippen molar-refractivity contribution in [3.63, 3.8) is 0 Å². The van der Waals surface area contributed by atoms with Gasteiger partial charge in [0.2, 0.25) is 11.9 Å². The van der Waals surface area contributed by atoms with Crippen LogP contribution in [0.4, 0.5) is 5.95 Å². The van der Waals surface area contributed by atoms with Crippen molar-refractivity contribution in [2.75, 3.05) is 12.4 Å². The van der Waals surface area contributed by atoms with E-state index in [0.717, 1.165) is 29.5 Å². The Kier molecular flexibility index (Phi) is 6.35. The van der Waals surface area contributed by atoms with Crippen LogP contribution in [-0.4, -0.2) is 38.7 Å². The number of hydrogen-bond acceptors (Lipinski definition) is 6. The molecule has 1 aromatic carbocycles. The van der Waals surface area contributed by atoms with Crippen LogP contribution in [0, 0.1) is 16.7 Å². The fourth-order valence-electron chi connectivity index (χ4n) is 4.27. The number of carbonyl (C=O) groups excluding carboxylic acids is 1. The van der Waals surface area contributed by atoms with Crippen molar-refractivity contribution in [3.05, 3.63) is 39.6 Å². The van der Waals surface area contributed by atoms with E-state index in [-0.39, 0.29) is 17.4 Å². The van der Waals surface area contributed by atoms with E-state index in [1.165, 1.54) is 0 Å². The van der Waals surface area contributed by atoms with Gasteiger partial charge in [-0.25, -0.2) is 9.67 Å². The quantitative estimate of drug-likeness (QED) is 0.502. The van der Waals surface area contributed by atoms with Gasteiger partial charge >= 0.3 is 0 Å². The molecule has 0 aliphatic heterocycles. The molecule has 1 amide bonds. The average molecular weight is 517 g/mol. The first kappa shape index (κ1) is 22.5. The highest BCUT2D eigenvalue weighted by Gasteiger charge is 2.40. The van der Waals surface area contributed by atoms with E-state index < -0.39 is 0 Å². The van der Waals surface area contributed by atoms with E-state index in [2.05, 4.69) is 42.7 Å². The van der Waals surface area contributed by atoms with Crippen LogP contribution in [-0.2, 0) is 11.2 Å². The molecule has 10 heteroatoms. The van der Waals surface area contributed by atoms with E-state index >= 15 is 0 Å². The van der Waals surface area contributed by atoms with Gasteiger partial charge in [-0.2, -0.15) is 15.3 Å². The second-order valence-electron chi connectivity index (χ2n) is 8.33. The molecule has 2 aromatic heterocycles. The highest BCUT2D eigenvalue weighted by atomic mass is 79.9. The van der Waals surface area contributed by atoms with Crippen LogP contribution in [0.1, 0.15) is 38.2 Å². The fourth-order valence-corrected chi connectivity index (χ4v) is 4.96. The first-order chi connectivity index (χ1) is 15.3. The minimum atomic E-state index is -0.387. The van der Waals surface area contributed by atoms with Gasteiger partial charge in [-0.3, -0.25) is 4.79 Å². The molecule has 3 aromatic rings. The summed E-state index contributed by atoms with van der Waals surface area (Å²) >= 11 is 9.82. The number of benzene rings is 1. The number of halogens is 2. The first-order valence-electron chi connectivity index (χ1n) is 10.4. The van der Waals surface area contributed by atoms with Gasteiger partial charge in [0, 0.05) is 36.1 Å². The first-order valence-corrected chi connectivity index (χ1v) is 11.6. The van der Waals surface area contributed by atoms with Gasteiger partial charge in [-0.1, -0.05) is 18.5 Å². The summed E-state index contributed by atoms with van der Waals surface area (Å²) in [5, 5.41) is 21.0. The minimum Gasteiger partial charge on any atom is -0.359 e. The summed E-state index contributed by atoms with van der Waals surface area (Å²) < 4.78 is 2.35. The van der Waals surface area contributed by atoms with Gasteiger partial charge < -0.3 is 10.6 Å². The molecule has 1 saturated carbocycles. The van der Waals surface area contributed by atoms with Gasteiger partial charge in [0.05, 0.1) is 17.1 Å². The third kappa shape index (κ3) is 4.43. The standard InChI is InChI=1S/C22H23BrClN7O/c1-22(20(32)26-2)6-5-15(11-22)28-21-27-12-17-18(23)30-31(19(17)29-21)16-9-13(4-3-7-25)8-14(24)10-16/h8-10,12,15H,3-6,11H2,1-2H3,(H,26,32)(H,27,28,29)/t15-,22-/m1/s1. The third-order valence-electron chi connectivity index (χ3n) is 5.94. The number of amides is 1. The molecule has 2 N–H and O–H groups in total. The molecule has 0 radical (unpaired) electrons. The van der Waals surface area contributed by atoms with Gasteiger partial charge in [-0.15, -0.1) is 0 Å². The lowest BCUT2D eigenvalue weighted by molar-refractivity contribution is -0.129. The maximum atomic E-state index is 12.2. The normalized spacial score (nSPS) is 20.3. The molecule has 0 unspecified atom stereocenters. The Hall–Kier alpha value is -2.70. The largest absolute Gasteiger partial charge is 0.359 e. The molecule has 8 nitrogen and oxygen atoms in total. The number of anilines is 1. The molecule has 0 bridgehead atoms. The Balaban J connectivity index is 1.64. The lowest BCUT2D eigenvalue weighted by Gasteiger charge is -2.22. The topological polar surface area (TPSA) is 109 Å². The smallest absolute Gasteiger partial charge is 0.225 e. The van der Waals surface area contributed by atoms with Crippen molar-refractivity contribution in [1.82, 2.24) is 25.1 Å². The second kappa shape index (κ2) is 9.04. The Morgan fingerprint density at radius 3 is 3.00 bits per heavy atom. The van der Waals surface area contributed by atoms with Gasteiger partial charge in [0.15, 0.2) is 5.65 Å². The minimum absolute atomic E-state index is 0.0633. The number of nitriles is 1. The zero-order chi connectivity index (χ0) is 22.9. The van der Waals surface area contributed by atoms with Gasteiger partial charge in [0.1, 0.15) is 4.60 Å². The number of fused-ring (bicyclic) bond motifs is 1. The monoisotopic (exact) mass is 515 g/mol. The van der Waals surface area contributed by atoms with Gasteiger partial charge in [-0.05, 0) is 65.4 Å². The second-order valence-corrected chi connectivity index (χ2v) is 9.52. The SMILES string of the molecule is CNC(=O)[C@]1(C)CC[C@@H](Nc2ncc3c(Br)nn(-c4cc(Cl)cc(CCC#N)c4)c3n2)C1. The maximum Gasteiger partial charge on any atom is 0.225 e. The van der Waals surface area contributed by atoms with E-state index in [4.69, 9.17) is 21.8 Å². The molecule has 4 rings (SSSR count). The third-order valence-corrected chi connectivity index (χ3v) is 6.75. The van der Waals surface area contributed by atoms with E-state index in [1.807, 2.05) is 25.1 Å². The Bertz CT molecular complexity index is 1220. The molecule has 0 saturated heterocycles. The van der Waals surface area contributed by atoms with Crippen molar-refractivity contribution >= 4 is 50.4 Å². The number of aryl methyl sites for hydroxylation is 1. The predicted molar refractivity (Wildman–Crippen MR) is 127 cm³/mol. The Labute approximate surface area is 199 Å². The fraction of sp³-hybridized carbons (Fsp3) is 0.409. The molecular weight excluding hydrogens is 494 g/mol. The number of rotatable bonds is 6. The summed E-state index contributed by atoms with van der Waals surface area (Å²) in [4.78, 5) is 21.4. The lowest BCUT2D eigenvalue weighted by Crippen LogP contribution is -2.35. The molecule has 1 aliphatic carbocycles. The number of nitrogens with zero attached hydrogens (tertiary/aromatic N) is 5.